The zero-order chi connectivity index (χ0) is 11.8. The highest BCUT2D eigenvalue weighted by atomic mass is 16.5. The number of ether oxygens (including phenoxy) is 1. The van der Waals surface area contributed by atoms with Crippen molar-refractivity contribution in [3.8, 4) is 0 Å². The summed E-state index contributed by atoms with van der Waals surface area (Å²) >= 11 is 0. The van der Waals surface area contributed by atoms with Gasteiger partial charge in [-0.05, 0) is 20.3 Å². The van der Waals surface area contributed by atoms with E-state index in [1.807, 2.05) is 19.9 Å². The van der Waals surface area contributed by atoms with Crippen molar-refractivity contribution in [1.29, 1.82) is 0 Å². The van der Waals surface area contributed by atoms with Gasteiger partial charge in [-0.25, -0.2) is 0 Å². The molecule has 0 bridgehead atoms. The minimum Gasteiger partial charge on any atom is -0.481 e. The molecule has 1 atom stereocenters. The van der Waals surface area contributed by atoms with Crippen LogP contribution in [-0.4, -0.2) is 24.2 Å². The van der Waals surface area contributed by atoms with Crippen LogP contribution in [0.5, 0.6) is 0 Å². The number of carbonyl (C=O) groups excluding carboxylic acids is 1. The van der Waals surface area contributed by atoms with Gasteiger partial charge in [0, 0.05) is 0 Å². The Bertz CT molecular complexity index is 289. The van der Waals surface area contributed by atoms with Crippen molar-refractivity contribution in [2.24, 2.45) is 5.92 Å². The molecule has 0 aromatic rings. The number of rotatable bonds is 5. The van der Waals surface area contributed by atoms with E-state index in [1.54, 1.807) is 12.2 Å². The van der Waals surface area contributed by atoms with Gasteiger partial charge >= 0.3 is 11.9 Å². The molecule has 0 aliphatic carbocycles. The first-order chi connectivity index (χ1) is 7.02. The number of allylic oxidation sites excluding steroid dienone is 4. The van der Waals surface area contributed by atoms with Crippen molar-refractivity contribution in [3.05, 3.63) is 23.8 Å². The quantitative estimate of drug-likeness (QED) is 0.428. The van der Waals surface area contributed by atoms with E-state index in [4.69, 9.17) is 5.11 Å². The Morgan fingerprint density at radius 2 is 2.07 bits per heavy atom. The average Bonchev–Trinajstić information content (AvgIpc) is 2.22. The topological polar surface area (TPSA) is 63.6 Å². The van der Waals surface area contributed by atoms with Crippen LogP contribution in [0.25, 0.3) is 0 Å². The third-order valence-electron chi connectivity index (χ3n) is 1.99. The Kier molecular flexibility index (Phi) is 6.09. The maximum absolute atomic E-state index is 11.0. The minimum absolute atomic E-state index is 0.146. The fraction of sp³-hybridized carbons (Fsp3) is 0.455. The fourth-order valence-electron chi connectivity index (χ4n) is 0.926. The number of hydrogen-bond donors (Lipinski definition) is 1. The Morgan fingerprint density at radius 1 is 1.47 bits per heavy atom. The Morgan fingerprint density at radius 3 is 2.47 bits per heavy atom. The molecule has 0 saturated heterocycles. The summed E-state index contributed by atoms with van der Waals surface area (Å²) in [6, 6.07) is 0. The number of methoxy groups -OCH3 is 1. The number of aliphatic carboxylic acids is 1. The van der Waals surface area contributed by atoms with Crippen LogP contribution in [-0.2, 0) is 14.3 Å². The largest absolute Gasteiger partial charge is 0.481 e. The summed E-state index contributed by atoms with van der Waals surface area (Å²) in [6.45, 7) is 3.78. The maximum atomic E-state index is 11.0. The van der Waals surface area contributed by atoms with Crippen LogP contribution in [0.3, 0.4) is 0 Å². The van der Waals surface area contributed by atoms with Crippen LogP contribution in [0.4, 0.5) is 0 Å². The van der Waals surface area contributed by atoms with Crippen molar-refractivity contribution in [2.75, 3.05) is 7.11 Å². The number of carboxylic acids is 1. The molecule has 0 saturated carbocycles. The highest BCUT2D eigenvalue weighted by Gasteiger charge is 2.25. The molecule has 0 amide bonds. The van der Waals surface area contributed by atoms with Crippen molar-refractivity contribution in [3.63, 3.8) is 0 Å². The first-order valence-corrected chi connectivity index (χ1v) is 4.63. The molecule has 1 unspecified atom stereocenters. The lowest BCUT2D eigenvalue weighted by Gasteiger charge is -2.06. The molecule has 0 aromatic carbocycles. The SMILES string of the molecule is C/C=C(C)/C=C/CC(C(=O)O)C(=O)OC. The summed E-state index contributed by atoms with van der Waals surface area (Å²) in [5.41, 5.74) is 1.02. The molecule has 0 aliphatic heterocycles. The highest BCUT2D eigenvalue weighted by Crippen LogP contribution is 2.08. The normalized spacial score (nSPS) is 13.9. The summed E-state index contributed by atoms with van der Waals surface area (Å²) in [4.78, 5) is 21.7. The van der Waals surface area contributed by atoms with E-state index in [0.717, 1.165) is 5.57 Å². The van der Waals surface area contributed by atoms with E-state index in [0.29, 0.717) is 0 Å². The lowest BCUT2D eigenvalue weighted by atomic mass is 10.1. The molecule has 0 spiro atoms. The fourth-order valence-corrected chi connectivity index (χ4v) is 0.926. The second-order valence-corrected chi connectivity index (χ2v) is 3.08. The van der Waals surface area contributed by atoms with Gasteiger partial charge in [0.2, 0.25) is 0 Å². The summed E-state index contributed by atoms with van der Waals surface area (Å²) in [5, 5.41) is 8.75. The Labute approximate surface area is 89.2 Å². The van der Waals surface area contributed by atoms with E-state index < -0.39 is 17.9 Å². The van der Waals surface area contributed by atoms with Crippen molar-refractivity contribution < 1.29 is 19.4 Å². The summed E-state index contributed by atoms with van der Waals surface area (Å²) in [6.07, 6.45) is 5.47. The molecule has 0 heterocycles. The number of hydrogen-bond acceptors (Lipinski definition) is 3. The van der Waals surface area contributed by atoms with Crippen LogP contribution in [0.15, 0.2) is 23.8 Å². The third-order valence-corrected chi connectivity index (χ3v) is 1.99. The molecule has 84 valence electrons. The molecule has 0 radical (unpaired) electrons. The minimum atomic E-state index is -1.16. The highest BCUT2D eigenvalue weighted by molar-refractivity contribution is 5.94. The molecule has 0 aromatic heterocycles. The molecule has 4 nitrogen and oxygen atoms in total. The van der Waals surface area contributed by atoms with Gasteiger partial charge in [0.25, 0.3) is 0 Å². The lowest BCUT2D eigenvalue weighted by molar-refractivity contribution is -0.156. The second kappa shape index (κ2) is 6.81. The summed E-state index contributed by atoms with van der Waals surface area (Å²) < 4.78 is 4.39. The zero-order valence-electron chi connectivity index (χ0n) is 9.19. The molecular formula is C11H16O4. The van der Waals surface area contributed by atoms with Crippen LogP contribution in [0.1, 0.15) is 20.3 Å². The van der Waals surface area contributed by atoms with Crippen LogP contribution in [0, 0.1) is 5.92 Å². The molecule has 4 heteroatoms. The van der Waals surface area contributed by atoms with Gasteiger partial charge in [-0.2, -0.15) is 0 Å². The van der Waals surface area contributed by atoms with E-state index in [-0.39, 0.29) is 6.42 Å². The van der Waals surface area contributed by atoms with Crippen LogP contribution in [0.2, 0.25) is 0 Å². The van der Waals surface area contributed by atoms with Gasteiger partial charge in [0.1, 0.15) is 0 Å². The van der Waals surface area contributed by atoms with E-state index in [1.165, 1.54) is 7.11 Å². The molecule has 0 rings (SSSR count). The predicted octanol–water partition coefficient (Wildman–Crippen LogP) is 1.77. The first kappa shape index (κ1) is 13.4. The number of carbonyl (C=O) groups is 2. The van der Waals surface area contributed by atoms with Crippen LogP contribution >= 0.6 is 0 Å². The van der Waals surface area contributed by atoms with Gasteiger partial charge in [0.15, 0.2) is 5.92 Å². The van der Waals surface area contributed by atoms with Crippen molar-refractivity contribution >= 4 is 11.9 Å². The Hall–Kier alpha value is -1.58. The van der Waals surface area contributed by atoms with Crippen LogP contribution < -0.4 is 0 Å². The summed E-state index contributed by atoms with van der Waals surface area (Å²) in [5.74, 6) is -2.99. The number of esters is 1. The van der Waals surface area contributed by atoms with Gasteiger partial charge in [-0.15, -0.1) is 0 Å². The van der Waals surface area contributed by atoms with Gasteiger partial charge < -0.3 is 9.84 Å². The smallest absolute Gasteiger partial charge is 0.320 e. The Balaban J connectivity index is 4.38. The van der Waals surface area contributed by atoms with Gasteiger partial charge in [-0.1, -0.05) is 23.8 Å². The van der Waals surface area contributed by atoms with Crippen molar-refractivity contribution in [2.45, 2.75) is 20.3 Å². The van der Waals surface area contributed by atoms with Gasteiger partial charge in [-0.3, -0.25) is 9.59 Å². The van der Waals surface area contributed by atoms with Crippen molar-refractivity contribution in [1.82, 2.24) is 0 Å². The molecule has 15 heavy (non-hydrogen) atoms. The standard InChI is InChI=1S/C11H16O4/c1-4-8(2)6-5-7-9(10(12)13)11(14)15-3/h4-6,9H,7H2,1-3H3,(H,12,13)/b6-5+,8-4+. The predicted molar refractivity (Wildman–Crippen MR) is 56.3 cm³/mol. The first-order valence-electron chi connectivity index (χ1n) is 4.63. The summed E-state index contributed by atoms with van der Waals surface area (Å²) in [7, 11) is 1.18. The average molecular weight is 212 g/mol. The monoisotopic (exact) mass is 212 g/mol. The molecule has 0 aliphatic rings. The van der Waals surface area contributed by atoms with E-state index in [9.17, 15) is 9.59 Å². The van der Waals surface area contributed by atoms with E-state index >= 15 is 0 Å². The lowest BCUT2D eigenvalue weighted by Crippen LogP contribution is -2.24. The zero-order valence-corrected chi connectivity index (χ0v) is 9.19. The third kappa shape index (κ3) is 5.00. The number of carboxylic acid groups (broad SMARTS) is 1. The maximum Gasteiger partial charge on any atom is 0.320 e. The van der Waals surface area contributed by atoms with Gasteiger partial charge in [0.05, 0.1) is 7.11 Å². The van der Waals surface area contributed by atoms with E-state index in [2.05, 4.69) is 4.74 Å². The molecular weight excluding hydrogens is 196 g/mol. The molecule has 0 fully saturated rings. The second-order valence-electron chi connectivity index (χ2n) is 3.08. The molecule has 1 N–H and O–H groups in total.